The van der Waals surface area contributed by atoms with Crippen LogP contribution in [0.5, 0.6) is 11.5 Å². The molecule has 7 nitrogen and oxygen atoms in total. The van der Waals surface area contributed by atoms with E-state index in [2.05, 4.69) is 5.32 Å². The molecule has 0 saturated heterocycles. The lowest BCUT2D eigenvalue weighted by molar-refractivity contribution is -0.114. The number of hydrogen-bond donors (Lipinski definition) is 1. The van der Waals surface area contributed by atoms with E-state index in [0.29, 0.717) is 28.3 Å². The lowest BCUT2D eigenvalue weighted by Crippen LogP contribution is -2.40. The number of fused-ring (bicyclic) bond motifs is 4. The fourth-order valence-electron chi connectivity index (χ4n) is 3.58. The molecule has 2 heterocycles. The minimum Gasteiger partial charge on any atom is -0.454 e. The normalized spacial score (nSPS) is 15.3. The second-order valence-electron chi connectivity index (χ2n) is 6.79. The van der Waals surface area contributed by atoms with Crippen molar-refractivity contribution in [2.24, 2.45) is 0 Å². The smallest absolute Gasteiger partial charge is 0.265 e. The Morgan fingerprint density at radius 2 is 1.80 bits per heavy atom. The Morgan fingerprint density at radius 1 is 1.00 bits per heavy atom. The van der Waals surface area contributed by atoms with Gasteiger partial charge in [-0.25, -0.2) is 12.8 Å². The maximum Gasteiger partial charge on any atom is 0.265 e. The largest absolute Gasteiger partial charge is 0.454 e. The van der Waals surface area contributed by atoms with Gasteiger partial charge in [-0.3, -0.25) is 9.10 Å². The molecule has 0 aliphatic carbocycles. The molecule has 0 aromatic heterocycles. The van der Waals surface area contributed by atoms with E-state index in [4.69, 9.17) is 9.47 Å². The second kappa shape index (κ2) is 6.74. The molecule has 3 aromatic rings. The van der Waals surface area contributed by atoms with E-state index in [1.807, 2.05) is 0 Å². The number of benzene rings is 3. The highest BCUT2D eigenvalue weighted by molar-refractivity contribution is 7.93. The van der Waals surface area contributed by atoms with Crippen molar-refractivity contribution in [1.82, 2.24) is 0 Å². The maximum absolute atomic E-state index is 13.9. The number of carbonyl (C=O) groups excluding carboxylic acids is 1. The zero-order chi connectivity index (χ0) is 20.9. The van der Waals surface area contributed by atoms with E-state index in [9.17, 15) is 17.6 Å². The molecule has 0 radical (unpaired) electrons. The molecule has 30 heavy (non-hydrogen) atoms. The van der Waals surface area contributed by atoms with E-state index in [0.717, 1.165) is 4.31 Å². The Kier molecular flexibility index (Phi) is 4.14. The van der Waals surface area contributed by atoms with Gasteiger partial charge in [0.1, 0.15) is 12.4 Å². The Morgan fingerprint density at radius 3 is 2.67 bits per heavy atom. The van der Waals surface area contributed by atoms with Crippen molar-refractivity contribution in [3.63, 3.8) is 0 Å². The van der Waals surface area contributed by atoms with Gasteiger partial charge in [-0.15, -0.1) is 0 Å². The monoisotopic (exact) mass is 426 g/mol. The van der Waals surface area contributed by atoms with Crippen LogP contribution >= 0.6 is 0 Å². The predicted molar refractivity (Wildman–Crippen MR) is 108 cm³/mol. The van der Waals surface area contributed by atoms with Crippen molar-refractivity contribution < 1.29 is 27.1 Å². The van der Waals surface area contributed by atoms with Gasteiger partial charge >= 0.3 is 0 Å². The third-order valence-electron chi connectivity index (χ3n) is 4.92. The van der Waals surface area contributed by atoms with E-state index in [1.54, 1.807) is 36.4 Å². The number of anilines is 2. The van der Waals surface area contributed by atoms with Crippen molar-refractivity contribution in [3.8, 4) is 22.6 Å². The van der Waals surface area contributed by atoms with Crippen LogP contribution in [0.2, 0.25) is 0 Å². The summed E-state index contributed by atoms with van der Waals surface area (Å²) < 4.78 is 51.8. The average molecular weight is 426 g/mol. The number of amides is 1. The van der Waals surface area contributed by atoms with Crippen LogP contribution in [-0.2, 0) is 14.8 Å². The summed E-state index contributed by atoms with van der Waals surface area (Å²) in [5.41, 5.74) is 1.50. The lowest BCUT2D eigenvalue weighted by Gasteiger charge is -2.31. The summed E-state index contributed by atoms with van der Waals surface area (Å²) in [5, 5.41) is 2.67. The summed E-state index contributed by atoms with van der Waals surface area (Å²) in [5.74, 6) is 0.0204. The molecule has 0 saturated carbocycles. The minimum atomic E-state index is -4.00. The third kappa shape index (κ3) is 2.94. The number of nitrogens with one attached hydrogen (secondary N) is 1. The van der Waals surface area contributed by atoms with E-state index >= 15 is 0 Å². The van der Waals surface area contributed by atoms with Gasteiger partial charge in [-0.2, -0.15) is 0 Å². The number of halogens is 1. The van der Waals surface area contributed by atoms with Crippen LogP contribution in [0.15, 0.2) is 65.6 Å². The number of nitrogens with zero attached hydrogens (tertiary/aromatic N) is 1. The molecular formula is C21H15FN2O5S. The van der Waals surface area contributed by atoms with E-state index < -0.39 is 28.3 Å². The summed E-state index contributed by atoms with van der Waals surface area (Å²) in [6, 6.07) is 15.0. The summed E-state index contributed by atoms with van der Waals surface area (Å²) in [4.78, 5) is 12.7. The van der Waals surface area contributed by atoms with E-state index in [1.165, 1.54) is 24.3 Å². The maximum atomic E-state index is 13.9. The van der Waals surface area contributed by atoms with Crippen LogP contribution < -0.4 is 19.1 Å². The van der Waals surface area contributed by atoms with Gasteiger partial charge in [-0.05, 0) is 36.4 Å². The molecular weight excluding hydrogens is 411 g/mol. The molecule has 3 aromatic carbocycles. The van der Waals surface area contributed by atoms with Gasteiger partial charge in [0.15, 0.2) is 11.5 Å². The predicted octanol–water partition coefficient (Wildman–Crippen LogP) is 3.37. The highest BCUT2D eigenvalue weighted by Crippen LogP contribution is 2.43. The van der Waals surface area contributed by atoms with Crippen LogP contribution in [0.3, 0.4) is 0 Å². The quantitative estimate of drug-likeness (QED) is 0.694. The zero-order valence-corrected chi connectivity index (χ0v) is 16.3. The highest BCUT2D eigenvalue weighted by Gasteiger charge is 2.36. The summed E-state index contributed by atoms with van der Waals surface area (Å²) in [7, 11) is -4.00. The van der Waals surface area contributed by atoms with Crippen LogP contribution in [0, 0.1) is 5.82 Å². The van der Waals surface area contributed by atoms with Crippen molar-refractivity contribution >= 4 is 27.3 Å². The fraction of sp³-hybridized carbons (Fsp3) is 0.0952. The van der Waals surface area contributed by atoms with Crippen LogP contribution in [0.4, 0.5) is 15.8 Å². The van der Waals surface area contributed by atoms with E-state index in [-0.39, 0.29) is 17.4 Å². The topological polar surface area (TPSA) is 84.9 Å². The number of carbonyl (C=O) groups is 1. The van der Waals surface area contributed by atoms with Crippen LogP contribution in [0.1, 0.15) is 0 Å². The molecule has 1 N–H and O–H groups in total. The molecule has 9 heteroatoms. The van der Waals surface area contributed by atoms with Gasteiger partial charge in [0.25, 0.3) is 10.0 Å². The standard InChI is InChI=1S/C21H15FN2O5S/c22-13-5-7-17-16(9-13)15-3-1-2-4-20(15)30(26,27)24(17)11-21(25)23-14-6-8-18-19(10-14)29-12-28-18/h1-10H,11-12H2,(H,23,25). The van der Waals surface area contributed by atoms with Crippen molar-refractivity contribution in [3.05, 3.63) is 66.5 Å². The summed E-state index contributed by atoms with van der Waals surface area (Å²) in [6.07, 6.45) is 0. The first-order chi connectivity index (χ1) is 14.4. The van der Waals surface area contributed by atoms with Crippen molar-refractivity contribution in [1.29, 1.82) is 0 Å². The first kappa shape index (κ1) is 18.4. The molecule has 1 amide bonds. The lowest BCUT2D eigenvalue weighted by atomic mass is 10.0. The van der Waals surface area contributed by atoms with Gasteiger partial charge in [0, 0.05) is 22.9 Å². The van der Waals surface area contributed by atoms with Gasteiger partial charge in [-0.1, -0.05) is 18.2 Å². The SMILES string of the molecule is O=C(CN1c2ccc(F)cc2-c2ccccc2S1(=O)=O)Nc1ccc2c(c1)OCO2. The molecule has 0 spiro atoms. The van der Waals surface area contributed by atoms with Crippen LogP contribution in [0.25, 0.3) is 11.1 Å². The van der Waals surface area contributed by atoms with Gasteiger partial charge in [0.05, 0.1) is 10.6 Å². The van der Waals surface area contributed by atoms with Crippen molar-refractivity contribution in [2.45, 2.75) is 4.90 Å². The average Bonchev–Trinajstić information content (AvgIpc) is 3.19. The van der Waals surface area contributed by atoms with Crippen molar-refractivity contribution in [2.75, 3.05) is 23.0 Å². The first-order valence-electron chi connectivity index (χ1n) is 9.05. The number of rotatable bonds is 3. The molecule has 0 fully saturated rings. The number of ether oxygens (including phenoxy) is 2. The molecule has 0 bridgehead atoms. The van der Waals surface area contributed by atoms with Gasteiger partial charge < -0.3 is 14.8 Å². The highest BCUT2D eigenvalue weighted by atomic mass is 32.2. The molecule has 0 atom stereocenters. The molecule has 2 aliphatic rings. The first-order valence-corrected chi connectivity index (χ1v) is 10.5. The number of hydrogen-bond acceptors (Lipinski definition) is 5. The number of sulfonamides is 1. The fourth-order valence-corrected chi connectivity index (χ4v) is 5.23. The summed E-state index contributed by atoms with van der Waals surface area (Å²) in [6.45, 7) is -0.366. The Balaban J connectivity index is 1.49. The zero-order valence-electron chi connectivity index (χ0n) is 15.5. The minimum absolute atomic E-state index is 0.0268. The Labute approximate surface area is 171 Å². The van der Waals surface area contributed by atoms with Crippen LogP contribution in [-0.4, -0.2) is 27.7 Å². The molecule has 5 rings (SSSR count). The Hall–Kier alpha value is -3.59. The Bertz CT molecular complexity index is 1290. The second-order valence-corrected chi connectivity index (χ2v) is 8.62. The van der Waals surface area contributed by atoms with Gasteiger partial charge in [0.2, 0.25) is 12.7 Å². The summed E-state index contributed by atoms with van der Waals surface area (Å²) >= 11 is 0. The molecule has 0 unspecified atom stereocenters. The third-order valence-corrected chi connectivity index (χ3v) is 6.73. The molecule has 2 aliphatic heterocycles. The molecule has 152 valence electrons.